The van der Waals surface area contributed by atoms with E-state index in [0.29, 0.717) is 6.54 Å². The van der Waals surface area contributed by atoms with E-state index in [1.807, 2.05) is 43.0 Å². The number of guanidine groups is 1. The summed E-state index contributed by atoms with van der Waals surface area (Å²) in [4.78, 5) is 18.9. The fraction of sp³-hybridized carbons (Fsp3) is 0.565. The first kappa shape index (κ1) is 25.5. The van der Waals surface area contributed by atoms with Crippen molar-refractivity contribution in [2.24, 2.45) is 4.99 Å². The molecule has 0 aromatic heterocycles. The van der Waals surface area contributed by atoms with E-state index in [1.165, 1.54) is 25.7 Å². The van der Waals surface area contributed by atoms with Gasteiger partial charge in [0.2, 0.25) is 0 Å². The Morgan fingerprint density at radius 2 is 1.79 bits per heavy atom. The molecule has 0 radical (unpaired) electrons. The van der Waals surface area contributed by atoms with E-state index in [2.05, 4.69) is 28.6 Å². The van der Waals surface area contributed by atoms with Gasteiger partial charge in [0.1, 0.15) is 0 Å². The van der Waals surface area contributed by atoms with Crippen LogP contribution in [0.3, 0.4) is 0 Å². The first-order valence-electron chi connectivity index (χ1n) is 10.8. The second kappa shape index (κ2) is 14.4. The highest BCUT2D eigenvalue weighted by Gasteiger charge is 2.11. The molecular formula is C23H37IN4O. The smallest absolute Gasteiger partial charge is 0.253 e. The van der Waals surface area contributed by atoms with Crippen molar-refractivity contribution in [2.75, 3.05) is 26.2 Å². The molecule has 0 unspecified atom stereocenters. The van der Waals surface area contributed by atoms with Crippen molar-refractivity contribution < 1.29 is 4.79 Å². The number of hydrogen-bond acceptors (Lipinski definition) is 2. The van der Waals surface area contributed by atoms with Crippen LogP contribution in [0, 0.1) is 0 Å². The molecule has 0 bridgehead atoms. The number of nitrogens with one attached hydrogen (secondary N) is 2. The van der Waals surface area contributed by atoms with E-state index in [0.717, 1.165) is 49.7 Å². The molecule has 2 rings (SSSR count). The Morgan fingerprint density at radius 3 is 2.38 bits per heavy atom. The van der Waals surface area contributed by atoms with E-state index in [4.69, 9.17) is 0 Å². The maximum absolute atomic E-state index is 12.4. The lowest BCUT2D eigenvalue weighted by Crippen LogP contribution is -2.37. The fourth-order valence-corrected chi connectivity index (χ4v) is 3.43. The molecule has 2 N–H and O–H groups in total. The van der Waals surface area contributed by atoms with Crippen LogP contribution in [0.1, 0.15) is 68.8 Å². The van der Waals surface area contributed by atoms with Crippen LogP contribution in [0.5, 0.6) is 0 Å². The van der Waals surface area contributed by atoms with Crippen LogP contribution in [0.25, 0.3) is 0 Å². The van der Waals surface area contributed by atoms with E-state index >= 15 is 0 Å². The zero-order valence-corrected chi connectivity index (χ0v) is 20.5. The number of carbonyl (C=O) groups excluding carboxylic acids is 1. The van der Waals surface area contributed by atoms with E-state index < -0.39 is 0 Å². The van der Waals surface area contributed by atoms with Gasteiger partial charge in [-0.05, 0) is 70.6 Å². The number of benzene rings is 1. The lowest BCUT2D eigenvalue weighted by molar-refractivity contribution is 0.0773. The molecule has 6 heteroatoms. The van der Waals surface area contributed by atoms with Crippen LogP contribution < -0.4 is 10.6 Å². The number of aliphatic imine (C=N–C) groups is 1. The molecule has 1 aliphatic carbocycles. The second-order valence-corrected chi connectivity index (χ2v) is 7.15. The van der Waals surface area contributed by atoms with Gasteiger partial charge in [0.25, 0.3) is 5.91 Å². The van der Waals surface area contributed by atoms with Crippen LogP contribution in [-0.2, 0) is 6.54 Å². The van der Waals surface area contributed by atoms with Crippen molar-refractivity contribution in [2.45, 2.75) is 59.4 Å². The van der Waals surface area contributed by atoms with Gasteiger partial charge in [-0.1, -0.05) is 23.8 Å². The molecule has 162 valence electrons. The number of amides is 1. The van der Waals surface area contributed by atoms with Gasteiger partial charge in [-0.2, -0.15) is 0 Å². The maximum Gasteiger partial charge on any atom is 0.253 e. The monoisotopic (exact) mass is 512 g/mol. The molecule has 5 nitrogen and oxygen atoms in total. The third kappa shape index (κ3) is 8.76. The molecule has 1 amide bonds. The average molecular weight is 512 g/mol. The predicted octanol–water partition coefficient (Wildman–Crippen LogP) is 4.73. The summed E-state index contributed by atoms with van der Waals surface area (Å²) >= 11 is 0. The number of nitrogens with zero attached hydrogens (tertiary/aromatic N) is 2. The van der Waals surface area contributed by atoms with Crippen molar-refractivity contribution in [1.82, 2.24) is 15.5 Å². The van der Waals surface area contributed by atoms with Gasteiger partial charge in [0.15, 0.2) is 5.96 Å². The molecule has 0 saturated carbocycles. The summed E-state index contributed by atoms with van der Waals surface area (Å²) in [5, 5.41) is 6.74. The Hall–Kier alpha value is -1.57. The lowest BCUT2D eigenvalue weighted by atomic mass is 9.97. The van der Waals surface area contributed by atoms with Gasteiger partial charge in [0, 0.05) is 31.7 Å². The minimum absolute atomic E-state index is 0. The Balaban J connectivity index is 0.00000420. The SMILES string of the molecule is CCNC(=NCc1ccc(C(=O)N(CC)CC)cc1)NCCC1=CCCCC1.I. The van der Waals surface area contributed by atoms with Gasteiger partial charge in [-0.15, -0.1) is 24.0 Å². The molecule has 0 spiro atoms. The standard InChI is InChI=1S/C23H36N4O.HI/c1-4-24-23(25-17-16-19-10-8-7-9-11-19)26-18-20-12-14-21(15-13-20)22(28)27(5-2)6-3;/h10,12-15H,4-9,11,16-18H2,1-3H3,(H2,24,25,26);1H. The van der Waals surface area contributed by atoms with Crippen LogP contribution in [0.4, 0.5) is 0 Å². The zero-order valence-electron chi connectivity index (χ0n) is 18.2. The van der Waals surface area contributed by atoms with E-state index in [1.54, 1.807) is 5.57 Å². The highest BCUT2D eigenvalue weighted by atomic mass is 127. The molecular weight excluding hydrogens is 475 g/mol. The molecule has 1 aromatic carbocycles. The van der Waals surface area contributed by atoms with E-state index in [-0.39, 0.29) is 29.9 Å². The van der Waals surface area contributed by atoms with Crippen LogP contribution in [0.15, 0.2) is 40.9 Å². The van der Waals surface area contributed by atoms with Gasteiger partial charge in [-0.3, -0.25) is 4.79 Å². The highest BCUT2D eigenvalue weighted by molar-refractivity contribution is 14.0. The minimum Gasteiger partial charge on any atom is -0.357 e. The molecule has 0 saturated heterocycles. The van der Waals surface area contributed by atoms with Crippen LogP contribution in [-0.4, -0.2) is 42.9 Å². The van der Waals surface area contributed by atoms with Crippen molar-refractivity contribution in [3.63, 3.8) is 0 Å². The Bertz CT molecular complexity index is 666. The Morgan fingerprint density at radius 1 is 1.07 bits per heavy atom. The second-order valence-electron chi connectivity index (χ2n) is 7.15. The van der Waals surface area contributed by atoms with Crippen molar-refractivity contribution in [3.05, 3.63) is 47.0 Å². The van der Waals surface area contributed by atoms with Crippen LogP contribution in [0.2, 0.25) is 0 Å². The summed E-state index contributed by atoms with van der Waals surface area (Å²) in [6, 6.07) is 7.80. The van der Waals surface area contributed by atoms with Gasteiger partial charge < -0.3 is 15.5 Å². The number of carbonyl (C=O) groups is 1. The van der Waals surface area contributed by atoms with Crippen molar-refractivity contribution >= 4 is 35.8 Å². The summed E-state index contributed by atoms with van der Waals surface area (Å²) in [5.74, 6) is 0.939. The average Bonchev–Trinajstić information content (AvgIpc) is 2.74. The third-order valence-corrected chi connectivity index (χ3v) is 5.14. The fourth-order valence-electron chi connectivity index (χ4n) is 3.43. The summed E-state index contributed by atoms with van der Waals surface area (Å²) in [5.41, 5.74) is 3.41. The largest absolute Gasteiger partial charge is 0.357 e. The van der Waals surface area contributed by atoms with E-state index in [9.17, 15) is 4.79 Å². The quantitative estimate of drug-likeness (QED) is 0.218. The third-order valence-electron chi connectivity index (χ3n) is 5.14. The minimum atomic E-state index is 0. The first-order chi connectivity index (χ1) is 13.7. The predicted molar refractivity (Wildman–Crippen MR) is 133 cm³/mol. The maximum atomic E-state index is 12.4. The Labute approximate surface area is 193 Å². The first-order valence-corrected chi connectivity index (χ1v) is 10.8. The van der Waals surface area contributed by atoms with Crippen molar-refractivity contribution in [1.29, 1.82) is 0 Å². The van der Waals surface area contributed by atoms with Crippen LogP contribution >= 0.6 is 24.0 Å². The summed E-state index contributed by atoms with van der Waals surface area (Å²) in [6.45, 7) is 9.90. The molecule has 0 heterocycles. The molecule has 0 aliphatic heterocycles. The number of allylic oxidation sites excluding steroid dienone is 1. The topological polar surface area (TPSA) is 56.7 Å². The molecule has 29 heavy (non-hydrogen) atoms. The normalized spacial score (nSPS) is 13.9. The molecule has 1 aliphatic rings. The highest BCUT2D eigenvalue weighted by Crippen LogP contribution is 2.19. The van der Waals surface area contributed by atoms with Gasteiger partial charge >= 0.3 is 0 Å². The zero-order chi connectivity index (χ0) is 20.2. The number of halogens is 1. The Kier molecular flexibility index (Phi) is 12.7. The molecule has 1 aromatic rings. The van der Waals surface area contributed by atoms with Crippen molar-refractivity contribution in [3.8, 4) is 0 Å². The molecule has 0 atom stereocenters. The number of rotatable bonds is 9. The van der Waals surface area contributed by atoms with Gasteiger partial charge in [0.05, 0.1) is 6.54 Å². The number of hydrogen-bond donors (Lipinski definition) is 2. The molecule has 0 fully saturated rings. The summed E-state index contributed by atoms with van der Waals surface area (Å²) in [7, 11) is 0. The summed E-state index contributed by atoms with van der Waals surface area (Å²) < 4.78 is 0. The van der Waals surface area contributed by atoms with Gasteiger partial charge in [-0.25, -0.2) is 4.99 Å². The lowest BCUT2D eigenvalue weighted by Gasteiger charge is -2.18. The summed E-state index contributed by atoms with van der Waals surface area (Å²) in [6.07, 6.45) is 8.63.